The quantitative estimate of drug-likeness (QED) is 0.885. The van der Waals surface area contributed by atoms with E-state index in [1.807, 2.05) is 0 Å². The Hall–Kier alpha value is -1.89. The Morgan fingerprint density at radius 3 is 2.72 bits per heavy atom. The average molecular weight is 246 g/mol. The molecule has 0 radical (unpaired) electrons. The van der Waals surface area contributed by atoms with Gasteiger partial charge in [-0.3, -0.25) is 4.79 Å². The summed E-state index contributed by atoms with van der Waals surface area (Å²) in [4.78, 5) is 11.8. The summed E-state index contributed by atoms with van der Waals surface area (Å²) in [6, 6.07) is 8.59. The number of nitriles is 1. The molecule has 0 aromatic heterocycles. The second kappa shape index (κ2) is 5.18. The zero-order valence-corrected chi connectivity index (χ0v) is 10.1. The Bertz CT molecular complexity index is 489. The van der Waals surface area contributed by atoms with Crippen LogP contribution >= 0.6 is 0 Å². The first kappa shape index (κ1) is 12.6. The number of rotatable bonds is 4. The summed E-state index contributed by atoms with van der Waals surface area (Å²) >= 11 is 0. The fourth-order valence-electron chi connectivity index (χ4n) is 2.10. The molecule has 1 aromatic rings. The topological polar surface area (TPSA) is 52.9 Å². The lowest BCUT2D eigenvalue weighted by atomic mass is 9.69. The highest BCUT2D eigenvalue weighted by Crippen LogP contribution is 2.40. The van der Waals surface area contributed by atoms with E-state index in [0.717, 1.165) is 6.42 Å². The molecule has 0 saturated heterocycles. The molecule has 3 nitrogen and oxygen atoms in total. The van der Waals surface area contributed by atoms with Crippen molar-refractivity contribution in [2.45, 2.75) is 25.7 Å². The second-order valence-electron chi connectivity index (χ2n) is 4.64. The zero-order valence-electron chi connectivity index (χ0n) is 10.1. The van der Waals surface area contributed by atoms with Crippen LogP contribution in [0.2, 0.25) is 0 Å². The largest absolute Gasteiger partial charge is 0.354 e. The second-order valence-corrected chi connectivity index (χ2v) is 4.64. The summed E-state index contributed by atoms with van der Waals surface area (Å²) in [5.41, 5.74) is -0.243. The lowest BCUT2D eigenvalue weighted by molar-refractivity contribution is -0.131. The number of nitrogens with zero attached hydrogens (tertiary/aromatic N) is 1. The Morgan fingerprint density at radius 2 is 2.17 bits per heavy atom. The van der Waals surface area contributed by atoms with Gasteiger partial charge in [0.25, 0.3) is 0 Å². The number of hydrogen-bond donors (Lipinski definition) is 1. The molecule has 1 N–H and O–H groups in total. The predicted molar refractivity (Wildman–Crippen MR) is 65.0 cm³/mol. The van der Waals surface area contributed by atoms with Crippen LogP contribution in [0, 0.1) is 22.6 Å². The van der Waals surface area contributed by atoms with Gasteiger partial charge in [-0.25, -0.2) is 4.39 Å². The van der Waals surface area contributed by atoms with Crippen molar-refractivity contribution in [3.63, 3.8) is 0 Å². The van der Waals surface area contributed by atoms with Crippen LogP contribution in [0.15, 0.2) is 24.3 Å². The maximum Gasteiger partial charge on any atom is 0.240 e. The number of hydrogen-bond acceptors (Lipinski definition) is 2. The fraction of sp³-hybridized carbons (Fsp3) is 0.429. The van der Waals surface area contributed by atoms with Gasteiger partial charge < -0.3 is 5.32 Å². The van der Waals surface area contributed by atoms with Gasteiger partial charge in [0.2, 0.25) is 5.91 Å². The van der Waals surface area contributed by atoms with Gasteiger partial charge in [0.1, 0.15) is 11.2 Å². The van der Waals surface area contributed by atoms with E-state index in [9.17, 15) is 9.18 Å². The minimum atomic E-state index is -0.824. The molecule has 0 bridgehead atoms. The molecule has 2 rings (SSSR count). The van der Waals surface area contributed by atoms with Gasteiger partial charge in [0.05, 0.1) is 6.07 Å². The number of carbonyl (C=O) groups is 1. The van der Waals surface area contributed by atoms with Crippen LogP contribution in [0.5, 0.6) is 0 Å². The Morgan fingerprint density at radius 1 is 1.44 bits per heavy atom. The molecular formula is C14H15FN2O. The van der Waals surface area contributed by atoms with Crippen molar-refractivity contribution in [3.05, 3.63) is 35.6 Å². The van der Waals surface area contributed by atoms with E-state index < -0.39 is 5.41 Å². The Balaban J connectivity index is 1.85. The first-order valence-corrected chi connectivity index (χ1v) is 6.11. The third-order valence-corrected chi connectivity index (χ3v) is 3.49. The van der Waals surface area contributed by atoms with Crippen LogP contribution in [-0.4, -0.2) is 12.5 Å². The highest BCUT2D eigenvalue weighted by atomic mass is 19.1. The lowest BCUT2D eigenvalue weighted by Gasteiger charge is -2.33. The Labute approximate surface area is 106 Å². The number of halogens is 1. The molecule has 0 spiro atoms. The molecular weight excluding hydrogens is 231 g/mol. The number of nitrogens with one attached hydrogen (secondary N) is 1. The first-order chi connectivity index (χ1) is 8.68. The summed E-state index contributed by atoms with van der Waals surface area (Å²) in [5, 5.41) is 11.7. The van der Waals surface area contributed by atoms with Crippen LogP contribution in [-0.2, 0) is 11.2 Å². The SMILES string of the molecule is N#CC1(C(=O)NCCc2ccccc2F)CCC1. The maximum atomic E-state index is 13.3. The number of benzene rings is 1. The van der Waals surface area contributed by atoms with E-state index in [-0.39, 0.29) is 11.7 Å². The van der Waals surface area contributed by atoms with Gasteiger partial charge >= 0.3 is 0 Å². The van der Waals surface area contributed by atoms with Crippen LogP contribution < -0.4 is 5.32 Å². The van der Waals surface area contributed by atoms with E-state index in [0.29, 0.717) is 31.4 Å². The molecule has 0 aliphatic heterocycles. The maximum absolute atomic E-state index is 13.3. The average Bonchev–Trinajstić information content (AvgIpc) is 2.31. The van der Waals surface area contributed by atoms with Gasteiger partial charge in [0, 0.05) is 6.54 Å². The number of carbonyl (C=O) groups excluding carboxylic acids is 1. The van der Waals surface area contributed by atoms with Crippen LogP contribution in [0.1, 0.15) is 24.8 Å². The van der Waals surface area contributed by atoms with E-state index in [1.54, 1.807) is 18.2 Å². The monoisotopic (exact) mass is 246 g/mol. The zero-order chi connectivity index (χ0) is 13.0. The van der Waals surface area contributed by atoms with E-state index in [4.69, 9.17) is 5.26 Å². The van der Waals surface area contributed by atoms with Crippen LogP contribution in [0.4, 0.5) is 4.39 Å². The van der Waals surface area contributed by atoms with Gasteiger partial charge in [-0.15, -0.1) is 0 Å². The summed E-state index contributed by atoms with van der Waals surface area (Å²) in [6.45, 7) is 0.364. The highest BCUT2D eigenvalue weighted by Gasteiger charge is 2.44. The third-order valence-electron chi connectivity index (χ3n) is 3.49. The van der Waals surface area contributed by atoms with Crippen molar-refractivity contribution < 1.29 is 9.18 Å². The van der Waals surface area contributed by atoms with Crippen molar-refractivity contribution in [2.24, 2.45) is 5.41 Å². The van der Waals surface area contributed by atoms with E-state index in [2.05, 4.69) is 11.4 Å². The van der Waals surface area contributed by atoms with Gasteiger partial charge in [0.15, 0.2) is 0 Å². The summed E-state index contributed by atoms with van der Waals surface area (Å²) < 4.78 is 13.3. The fourth-order valence-corrected chi connectivity index (χ4v) is 2.10. The van der Waals surface area contributed by atoms with E-state index in [1.165, 1.54) is 6.07 Å². The van der Waals surface area contributed by atoms with Gasteiger partial charge in [-0.05, 0) is 37.3 Å². The van der Waals surface area contributed by atoms with Crippen molar-refractivity contribution in [2.75, 3.05) is 6.54 Å². The molecule has 1 aliphatic carbocycles. The summed E-state index contributed by atoms with van der Waals surface area (Å²) in [5.74, 6) is -0.474. The van der Waals surface area contributed by atoms with Crippen molar-refractivity contribution in [1.82, 2.24) is 5.32 Å². The van der Waals surface area contributed by atoms with Crippen molar-refractivity contribution in [3.8, 4) is 6.07 Å². The molecule has 1 aromatic carbocycles. The predicted octanol–water partition coefficient (Wildman–Crippen LogP) is 2.18. The standard InChI is InChI=1S/C14H15FN2O/c15-12-5-2-1-4-11(12)6-9-17-13(18)14(10-16)7-3-8-14/h1-2,4-5H,3,6-9H2,(H,17,18). The molecule has 1 fully saturated rings. The molecule has 18 heavy (non-hydrogen) atoms. The molecule has 94 valence electrons. The lowest BCUT2D eigenvalue weighted by Crippen LogP contribution is -2.45. The molecule has 0 atom stereocenters. The van der Waals surface area contributed by atoms with E-state index >= 15 is 0 Å². The van der Waals surface area contributed by atoms with Gasteiger partial charge in [-0.2, -0.15) is 5.26 Å². The molecule has 4 heteroatoms. The normalized spacial score (nSPS) is 16.4. The number of amides is 1. The van der Waals surface area contributed by atoms with Crippen molar-refractivity contribution in [1.29, 1.82) is 5.26 Å². The highest BCUT2D eigenvalue weighted by molar-refractivity contribution is 5.86. The Kier molecular flexibility index (Phi) is 3.61. The smallest absolute Gasteiger partial charge is 0.240 e. The molecule has 1 saturated carbocycles. The minimum Gasteiger partial charge on any atom is -0.354 e. The summed E-state index contributed by atoms with van der Waals surface area (Å²) in [7, 11) is 0. The molecule has 1 amide bonds. The summed E-state index contributed by atoms with van der Waals surface area (Å²) in [6.07, 6.45) is 2.64. The van der Waals surface area contributed by atoms with Crippen LogP contribution in [0.25, 0.3) is 0 Å². The first-order valence-electron chi connectivity index (χ1n) is 6.11. The molecule has 1 aliphatic rings. The van der Waals surface area contributed by atoms with Crippen molar-refractivity contribution >= 4 is 5.91 Å². The van der Waals surface area contributed by atoms with Crippen LogP contribution in [0.3, 0.4) is 0 Å². The molecule has 0 unspecified atom stereocenters. The van der Waals surface area contributed by atoms with Gasteiger partial charge in [-0.1, -0.05) is 18.2 Å². The third kappa shape index (κ3) is 2.35. The molecule has 0 heterocycles. The minimum absolute atomic E-state index is 0.215.